The van der Waals surface area contributed by atoms with Crippen molar-refractivity contribution in [2.75, 3.05) is 13.2 Å². The lowest BCUT2D eigenvalue weighted by Gasteiger charge is -2.18. The number of hydrogen-bond donors (Lipinski definition) is 0. The zero-order chi connectivity index (χ0) is 32.5. The fraction of sp³-hybridized carbons (Fsp3) is 0.921. The third-order valence-electron chi connectivity index (χ3n) is 8.29. The van der Waals surface area contributed by atoms with Crippen molar-refractivity contribution in [3.05, 3.63) is 0 Å². The van der Waals surface area contributed by atoms with Gasteiger partial charge in [0, 0.05) is 19.3 Å². The zero-order valence-electron chi connectivity index (χ0n) is 29.6. The van der Waals surface area contributed by atoms with E-state index in [-0.39, 0.29) is 31.1 Å². The molecule has 0 saturated heterocycles. The van der Waals surface area contributed by atoms with Gasteiger partial charge in [-0.25, -0.2) is 0 Å². The van der Waals surface area contributed by atoms with E-state index in [1.807, 2.05) is 0 Å². The predicted octanol–water partition coefficient (Wildman–Crippen LogP) is 11.2. The lowest BCUT2D eigenvalue weighted by atomic mass is 10.0. The summed E-state index contributed by atoms with van der Waals surface area (Å²) in [4.78, 5) is 37.2. The van der Waals surface area contributed by atoms with Crippen molar-refractivity contribution in [2.24, 2.45) is 5.92 Å². The molecule has 0 aromatic heterocycles. The molecule has 6 heteroatoms. The summed E-state index contributed by atoms with van der Waals surface area (Å²) in [6.07, 6.45) is 28.2. The van der Waals surface area contributed by atoms with Crippen LogP contribution in [0.15, 0.2) is 0 Å². The molecule has 0 aromatic rings. The molecule has 0 N–H and O–H groups in total. The molecule has 0 aliphatic heterocycles. The number of rotatable bonds is 33. The summed E-state index contributed by atoms with van der Waals surface area (Å²) < 4.78 is 16.5. The Morgan fingerprint density at radius 3 is 1.11 bits per heavy atom. The van der Waals surface area contributed by atoms with Crippen LogP contribution in [0.3, 0.4) is 0 Å². The van der Waals surface area contributed by atoms with Gasteiger partial charge in [0.25, 0.3) is 0 Å². The highest BCUT2D eigenvalue weighted by atomic mass is 16.6. The largest absolute Gasteiger partial charge is 0.462 e. The average molecular weight is 625 g/mol. The van der Waals surface area contributed by atoms with E-state index >= 15 is 0 Å². The molecule has 1 atom stereocenters. The fourth-order valence-electron chi connectivity index (χ4n) is 5.39. The zero-order valence-corrected chi connectivity index (χ0v) is 29.6. The van der Waals surface area contributed by atoms with Gasteiger partial charge in [-0.15, -0.1) is 0 Å². The topological polar surface area (TPSA) is 78.9 Å². The fourth-order valence-corrected chi connectivity index (χ4v) is 5.39. The number of carbonyl (C=O) groups is 3. The highest BCUT2D eigenvalue weighted by Gasteiger charge is 2.19. The number of esters is 3. The molecule has 0 unspecified atom stereocenters. The van der Waals surface area contributed by atoms with Crippen molar-refractivity contribution in [1.82, 2.24) is 0 Å². The van der Waals surface area contributed by atoms with E-state index < -0.39 is 6.10 Å². The molecule has 0 rings (SSSR count). The number of unbranched alkanes of at least 4 members (excludes halogenated alkanes) is 20. The Bertz CT molecular complexity index is 662. The Balaban J connectivity index is 4.33. The van der Waals surface area contributed by atoms with Crippen molar-refractivity contribution in [3.8, 4) is 0 Å². The maximum Gasteiger partial charge on any atom is 0.306 e. The van der Waals surface area contributed by atoms with E-state index in [0.29, 0.717) is 19.3 Å². The van der Waals surface area contributed by atoms with E-state index in [9.17, 15) is 14.4 Å². The van der Waals surface area contributed by atoms with E-state index in [1.54, 1.807) is 0 Å². The quantitative estimate of drug-likeness (QED) is 0.0410. The SMILES string of the molecule is CCCCCCCCCCCCC(=O)OC[C@H](COC(=O)CCCCCCCCC(C)C)OC(=O)CCCCCCCCC. The summed E-state index contributed by atoms with van der Waals surface area (Å²) in [5, 5.41) is 0. The van der Waals surface area contributed by atoms with Crippen LogP contribution >= 0.6 is 0 Å². The van der Waals surface area contributed by atoms with Crippen LogP contribution in [0.1, 0.15) is 201 Å². The highest BCUT2D eigenvalue weighted by molar-refractivity contribution is 5.71. The Morgan fingerprint density at radius 2 is 0.750 bits per heavy atom. The molecule has 0 aromatic carbocycles. The molecule has 0 aliphatic rings. The molecule has 0 aliphatic carbocycles. The summed E-state index contributed by atoms with van der Waals surface area (Å²) >= 11 is 0. The lowest BCUT2D eigenvalue weighted by molar-refractivity contribution is -0.167. The standard InChI is InChI=1S/C38H72O6/c1-5-7-9-11-13-14-15-17-21-25-29-36(39)42-32-35(44-38(41)31-27-23-16-12-10-8-6-2)33-43-37(40)30-26-22-19-18-20-24-28-34(3)4/h34-35H,5-33H2,1-4H3/t35-/m1/s1. The van der Waals surface area contributed by atoms with Crippen molar-refractivity contribution < 1.29 is 28.6 Å². The summed E-state index contributed by atoms with van der Waals surface area (Å²) in [5.41, 5.74) is 0. The second kappa shape index (κ2) is 32.8. The first-order valence-electron chi connectivity index (χ1n) is 18.9. The van der Waals surface area contributed by atoms with Crippen LogP contribution in [0, 0.1) is 5.92 Å². The maximum atomic E-state index is 12.5. The number of hydrogen-bond acceptors (Lipinski definition) is 6. The van der Waals surface area contributed by atoms with E-state index in [2.05, 4.69) is 27.7 Å². The van der Waals surface area contributed by atoms with E-state index in [4.69, 9.17) is 14.2 Å². The third-order valence-corrected chi connectivity index (χ3v) is 8.29. The molecule has 260 valence electrons. The summed E-state index contributed by atoms with van der Waals surface area (Å²) in [7, 11) is 0. The van der Waals surface area contributed by atoms with E-state index in [0.717, 1.165) is 63.7 Å². The average Bonchev–Trinajstić information content (AvgIpc) is 3.00. The summed E-state index contributed by atoms with van der Waals surface area (Å²) in [6, 6.07) is 0. The molecule has 0 spiro atoms. The normalized spacial score (nSPS) is 11.9. The smallest absolute Gasteiger partial charge is 0.306 e. The van der Waals surface area contributed by atoms with Gasteiger partial charge in [0.1, 0.15) is 13.2 Å². The molecule has 44 heavy (non-hydrogen) atoms. The van der Waals surface area contributed by atoms with Gasteiger partial charge in [0.2, 0.25) is 0 Å². The molecule has 0 amide bonds. The predicted molar refractivity (Wildman–Crippen MR) is 183 cm³/mol. The molecule has 0 radical (unpaired) electrons. The molecule has 6 nitrogen and oxygen atoms in total. The van der Waals surface area contributed by atoms with Gasteiger partial charge in [-0.2, -0.15) is 0 Å². The molecule has 0 bridgehead atoms. The minimum Gasteiger partial charge on any atom is -0.462 e. The molecule has 0 fully saturated rings. The first-order chi connectivity index (χ1) is 21.4. The first-order valence-corrected chi connectivity index (χ1v) is 18.9. The molecule has 0 heterocycles. The van der Waals surface area contributed by atoms with Crippen LogP contribution in [0.25, 0.3) is 0 Å². The van der Waals surface area contributed by atoms with Crippen molar-refractivity contribution in [3.63, 3.8) is 0 Å². The van der Waals surface area contributed by atoms with Gasteiger partial charge < -0.3 is 14.2 Å². The lowest BCUT2D eigenvalue weighted by Crippen LogP contribution is -2.30. The van der Waals surface area contributed by atoms with Crippen LogP contribution < -0.4 is 0 Å². The van der Waals surface area contributed by atoms with Crippen LogP contribution in [0.2, 0.25) is 0 Å². The van der Waals surface area contributed by atoms with Gasteiger partial charge in [-0.1, -0.05) is 163 Å². The Kier molecular flexibility index (Phi) is 31.6. The highest BCUT2D eigenvalue weighted by Crippen LogP contribution is 2.14. The number of ether oxygens (including phenoxy) is 3. The molecule has 0 saturated carbocycles. The van der Waals surface area contributed by atoms with Crippen molar-refractivity contribution in [2.45, 2.75) is 207 Å². The summed E-state index contributed by atoms with van der Waals surface area (Å²) in [5.74, 6) is -0.115. The third kappa shape index (κ3) is 31.8. The van der Waals surface area contributed by atoms with E-state index in [1.165, 1.54) is 96.3 Å². The van der Waals surface area contributed by atoms with Crippen LogP contribution in [0.4, 0.5) is 0 Å². The van der Waals surface area contributed by atoms with Crippen LogP contribution in [-0.2, 0) is 28.6 Å². The minimum atomic E-state index is -0.756. The van der Waals surface area contributed by atoms with Gasteiger partial charge in [0.05, 0.1) is 0 Å². The molecular formula is C38H72O6. The van der Waals surface area contributed by atoms with Crippen LogP contribution in [0.5, 0.6) is 0 Å². The Morgan fingerprint density at radius 1 is 0.432 bits per heavy atom. The van der Waals surface area contributed by atoms with Crippen molar-refractivity contribution >= 4 is 17.9 Å². The molecular weight excluding hydrogens is 552 g/mol. The van der Waals surface area contributed by atoms with Crippen LogP contribution in [-0.4, -0.2) is 37.2 Å². The number of carbonyl (C=O) groups excluding carboxylic acids is 3. The van der Waals surface area contributed by atoms with Gasteiger partial charge in [-0.05, 0) is 25.2 Å². The Hall–Kier alpha value is -1.59. The maximum absolute atomic E-state index is 12.5. The van der Waals surface area contributed by atoms with Gasteiger partial charge in [-0.3, -0.25) is 14.4 Å². The Labute approximate surface area is 272 Å². The second-order valence-corrected chi connectivity index (χ2v) is 13.3. The monoisotopic (exact) mass is 625 g/mol. The van der Waals surface area contributed by atoms with Gasteiger partial charge in [0.15, 0.2) is 6.10 Å². The van der Waals surface area contributed by atoms with Crippen molar-refractivity contribution in [1.29, 1.82) is 0 Å². The minimum absolute atomic E-state index is 0.0665. The second-order valence-electron chi connectivity index (χ2n) is 13.3. The van der Waals surface area contributed by atoms with Gasteiger partial charge >= 0.3 is 17.9 Å². The first kappa shape index (κ1) is 42.4. The summed E-state index contributed by atoms with van der Waals surface area (Å²) in [6.45, 7) is 8.83.